The largest absolute Gasteiger partial charge is 0.481 e. The first-order valence-corrected chi connectivity index (χ1v) is 5.37. The Morgan fingerprint density at radius 2 is 1.82 bits per heavy atom. The zero-order valence-corrected chi connectivity index (χ0v) is 10.5. The first-order chi connectivity index (χ1) is 7.66. The van der Waals surface area contributed by atoms with Crippen molar-refractivity contribution in [3.63, 3.8) is 0 Å². The van der Waals surface area contributed by atoms with Gasteiger partial charge < -0.3 is 5.11 Å². The van der Waals surface area contributed by atoms with Crippen LogP contribution in [0.1, 0.15) is 34.1 Å². The highest BCUT2D eigenvalue weighted by Gasteiger charge is 2.36. The molecule has 0 saturated heterocycles. The van der Waals surface area contributed by atoms with Gasteiger partial charge in [-0.2, -0.15) is 0 Å². The molecule has 0 amide bonds. The van der Waals surface area contributed by atoms with Crippen LogP contribution in [0.3, 0.4) is 0 Å². The maximum atomic E-state index is 12.0. The molecule has 92 valence electrons. The molecule has 0 heterocycles. The van der Waals surface area contributed by atoms with E-state index in [1.165, 1.54) is 6.08 Å². The van der Waals surface area contributed by atoms with E-state index in [9.17, 15) is 14.4 Å². The van der Waals surface area contributed by atoms with Gasteiger partial charge in [0.05, 0.1) is 6.42 Å². The third-order valence-electron chi connectivity index (χ3n) is 2.95. The molecule has 0 aromatic heterocycles. The zero-order chi connectivity index (χ0) is 13.4. The molecule has 0 bridgehead atoms. The molecule has 0 unspecified atom stereocenters. The van der Waals surface area contributed by atoms with E-state index in [1.807, 2.05) is 0 Å². The van der Waals surface area contributed by atoms with Crippen LogP contribution in [0.2, 0.25) is 0 Å². The van der Waals surface area contributed by atoms with Crippen molar-refractivity contribution in [2.24, 2.45) is 5.41 Å². The van der Waals surface area contributed by atoms with Gasteiger partial charge in [-0.25, -0.2) is 0 Å². The van der Waals surface area contributed by atoms with Crippen LogP contribution >= 0.6 is 0 Å². The maximum Gasteiger partial charge on any atom is 0.304 e. The number of hydrogen-bond acceptors (Lipinski definition) is 3. The van der Waals surface area contributed by atoms with Gasteiger partial charge in [0.15, 0.2) is 11.6 Å². The van der Waals surface area contributed by atoms with Gasteiger partial charge in [-0.15, -0.1) is 0 Å². The second-order valence-corrected chi connectivity index (χ2v) is 4.98. The van der Waals surface area contributed by atoms with Crippen LogP contribution in [-0.4, -0.2) is 22.6 Å². The predicted molar refractivity (Wildman–Crippen MR) is 62.5 cm³/mol. The smallest absolute Gasteiger partial charge is 0.304 e. The number of rotatable bonds is 3. The second kappa shape index (κ2) is 4.28. The van der Waals surface area contributed by atoms with E-state index in [4.69, 9.17) is 5.11 Å². The number of Topliss-reactive ketones (excluding diaryl/α,β-unsaturated/α-hetero) is 1. The Balaban J connectivity index is 3.27. The summed E-state index contributed by atoms with van der Waals surface area (Å²) < 4.78 is 0. The van der Waals surface area contributed by atoms with Crippen LogP contribution in [0.25, 0.3) is 0 Å². The Kier molecular flexibility index (Phi) is 3.36. The highest BCUT2D eigenvalue weighted by atomic mass is 16.4. The Bertz CT molecular complexity index is 464. The van der Waals surface area contributed by atoms with Gasteiger partial charge in [-0.3, -0.25) is 14.4 Å². The van der Waals surface area contributed by atoms with Crippen molar-refractivity contribution in [3.8, 4) is 0 Å². The van der Waals surface area contributed by atoms with Crippen LogP contribution in [0.15, 0.2) is 22.8 Å². The number of carboxylic acids is 1. The van der Waals surface area contributed by atoms with E-state index in [2.05, 4.69) is 0 Å². The molecule has 1 aliphatic rings. The summed E-state index contributed by atoms with van der Waals surface area (Å²) in [6.07, 6.45) is 1.13. The quantitative estimate of drug-likeness (QED) is 0.760. The minimum absolute atomic E-state index is 0.175. The van der Waals surface area contributed by atoms with E-state index >= 15 is 0 Å². The number of carboxylic acid groups (broad SMARTS) is 1. The lowest BCUT2D eigenvalue weighted by Gasteiger charge is -2.29. The standard InChI is InChI=1S/C13H16O4/c1-7-5-9(14)8(2)11(12(7)17)13(3,4)6-10(15)16/h5H,6H2,1-4H3,(H,15,16). The summed E-state index contributed by atoms with van der Waals surface area (Å²) in [6, 6.07) is 0. The molecule has 4 heteroatoms. The molecule has 1 aliphatic carbocycles. The molecule has 0 aromatic carbocycles. The van der Waals surface area contributed by atoms with Crippen molar-refractivity contribution in [1.29, 1.82) is 0 Å². The average molecular weight is 236 g/mol. The monoisotopic (exact) mass is 236 g/mol. The lowest BCUT2D eigenvalue weighted by Crippen LogP contribution is -2.30. The number of aliphatic carboxylic acids is 1. The molecule has 0 saturated carbocycles. The molecule has 17 heavy (non-hydrogen) atoms. The minimum Gasteiger partial charge on any atom is -0.481 e. The molecule has 0 aliphatic heterocycles. The summed E-state index contributed by atoms with van der Waals surface area (Å²) in [7, 11) is 0. The molecule has 1 rings (SSSR count). The van der Waals surface area contributed by atoms with Crippen molar-refractivity contribution in [2.45, 2.75) is 34.1 Å². The molecule has 0 aromatic rings. The van der Waals surface area contributed by atoms with Gasteiger partial charge in [-0.05, 0) is 19.9 Å². The average Bonchev–Trinajstić information content (AvgIpc) is 2.12. The molecule has 0 spiro atoms. The normalized spacial score (nSPS) is 17.3. The van der Waals surface area contributed by atoms with Crippen LogP contribution in [-0.2, 0) is 14.4 Å². The summed E-state index contributed by atoms with van der Waals surface area (Å²) in [5, 5.41) is 8.85. The summed E-state index contributed by atoms with van der Waals surface area (Å²) in [4.78, 5) is 34.5. The van der Waals surface area contributed by atoms with E-state index in [1.54, 1.807) is 27.7 Å². The fraction of sp³-hybridized carbons (Fsp3) is 0.462. The SMILES string of the molecule is CC1=CC(=O)C(C)=C(C(C)(C)CC(=O)O)C1=O. The van der Waals surface area contributed by atoms with Crippen molar-refractivity contribution in [1.82, 2.24) is 0 Å². The highest BCUT2D eigenvalue weighted by molar-refractivity contribution is 6.22. The van der Waals surface area contributed by atoms with Gasteiger partial charge in [0.25, 0.3) is 0 Å². The fourth-order valence-electron chi connectivity index (χ4n) is 2.14. The third-order valence-corrected chi connectivity index (χ3v) is 2.95. The van der Waals surface area contributed by atoms with Gasteiger partial charge in [0.2, 0.25) is 0 Å². The zero-order valence-electron chi connectivity index (χ0n) is 10.5. The summed E-state index contributed by atoms with van der Waals surface area (Å²) in [5.74, 6) is -1.42. The van der Waals surface area contributed by atoms with Crippen LogP contribution < -0.4 is 0 Å². The van der Waals surface area contributed by atoms with Crippen molar-refractivity contribution in [2.75, 3.05) is 0 Å². The molecule has 0 atom stereocenters. The summed E-state index contributed by atoms with van der Waals surface area (Å²) in [5.41, 5.74) is 0.212. The lowest BCUT2D eigenvalue weighted by molar-refractivity contribution is -0.138. The summed E-state index contributed by atoms with van der Waals surface area (Å²) >= 11 is 0. The number of carbonyl (C=O) groups excluding carboxylic acids is 2. The van der Waals surface area contributed by atoms with E-state index in [0.717, 1.165) is 0 Å². The fourth-order valence-corrected chi connectivity index (χ4v) is 2.14. The van der Waals surface area contributed by atoms with E-state index in [0.29, 0.717) is 16.7 Å². The van der Waals surface area contributed by atoms with Crippen molar-refractivity contribution < 1.29 is 19.5 Å². The van der Waals surface area contributed by atoms with Crippen LogP contribution in [0, 0.1) is 5.41 Å². The maximum absolute atomic E-state index is 12.0. The summed E-state index contributed by atoms with van der Waals surface area (Å²) in [6.45, 7) is 6.49. The number of allylic oxidation sites excluding steroid dienone is 4. The van der Waals surface area contributed by atoms with E-state index in [-0.39, 0.29) is 18.0 Å². The minimum atomic E-state index is -0.984. The first-order valence-electron chi connectivity index (χ1n) is 5.37. The molecule has 1 N–H and O–H groups in total. The van der Waals surface area contributed by atoms with Crippen LogP contribution in [0.4, 0.5) is 0 Å². The topological polar surface area (TPSA) is 71.4 Å². The molecule has 0 fully saturated rings. The van der Waals surface area contributed by atoms with Gasteiger partial charge in [-0.1, -0.05) is 13.8 Å². The molecule has 0 radical (unpaired) electrons. The lowest BCUT2D eigenvalue weighted by atomic mass is 9.73. The third kappa shape index (κ3) is 2.52. The highest BCUT2D eigenvalue weighted by Crippen LogP contribution is 2.36. The van der Waals surface area contributed by atoms with Crippen molar-refractivity contribution in [3.05, 3.63) is 22.8 Å². The first kappa shape index (κ1) is 13.4. The second-order valence-electron chi connectivity index (χ2n) is 4.98. The molecular weight excluding hydrogens is 220 g/mol. The Morgan fingerprint density at radius 1 is 1.29 bits per heavy atom. The Morgan fingerprint density at radius 3 is 2.29 bits per heavy atom. The van der Waals surface area contributed by atoms with Gasteiger partial charge >= 0.3 is 5.97 Å². The molecule has 4 nitrogen and oxygen atoms in total. The van der Waals surface area contributed by atoms with Gasteiger partial charge in [0, 0.05) is 22.1 Å². The molecular formula is C13H16O4. The van der Waals surface area contributed by atoms with Crippen LogP contribution in [0.5, 0.6) is 0 Å². The van der Waals surface area contributed by atoms with Crippen molar-refractivity contribution >= 4 is 17.5 Å². The Labute approximate surface area is 100 Å². The number of hydrogen-bond donors (Lipinski definition) is 1. The number of carbonyl (C=O) groups is 3. The van der Waals surface area contributed by atoms with E-state index < -0.39 is 11.4 Å². The number of ketones is 2. The van der Waals surface area contributed by atoms with Gasteiger partial charge in [0.1, 0.15) is 0 Å². The Hall–Kier alpha value is -1.71. The predicted octanol–water partition coefficient (Wildman–Crippen LogP) is 1.90.